The fourth-order valence-corrected chi connectivity index (χ4v) is 2.00. The highest BCUT2D eigenvalue weighted by atomic mass is 15.3. The molecule has 0 aliphatic heterocycles. The van der Waals surface area contributed by atoms with Crippen LogP contribution in [0.25, 0.3) is 5.82 Å². The highest BCUT2D eigenvalue weighted by Gasteiger charge is 2.09. The molecule has 0 aromatic carbocycles. The maximum absolute atomic E-state index is 4.50. The van der Waals surface area contributed by atoms with Gasteiger partial charge in [-0.2, -0.15) is 5.10 Å². The molecular formula is C14H20N4. The molecule has 4 nitrogen and oxygen atoms in total. The largest absolute Gasteiger partial charge is 0.313 e. The van der Waals surface area contributed by atoms with Crippen LogP contribution in [-0.4, -0.2) is 21.3 Å². The molecular weight excluding hydrogens is 224 g/mol. The summed E-state index contributed by atoms with van der Waals surface area (Å²) < 4.78 is 1.91. The Labute approximate surface area is 108 Å². The predicted molar refractivity (Wildman–Crippen MR) is 72.8 cm³/mol. The quantitative estimate of drug-likeness (QED) is 0.821. The molecule has 0 amide bonds. The van der Waals surface area contributed by atoms with Crippen molar-refractivity contribution in [1.29, 1.82) is 0 Å². The van der Waals surface area contributed by atoms with E-state index in [4.69, 9.17) is 0 Å². The zero-order valence-corrected chi connectivity index (χ0v) is 11.3. The van der Waals surface area contributed by atoms with Crippen molar-refractivity contribution in [2.75, 3.05) is 6.54 Å². The average Bonchev–Trinajstić information content (AvgIpc) is 2.69. The van der Waals surface area contributed by atoms with E-state index >= 15 is 0 Å². The fourth-order valence-electron chi connectivity index (χ4n) is 2.00. The van der Waals surface area contributed by atoms with Crippen LogP contribution >= 0.6 is 0 Å². The van der Waals surface area contributed by atoms with Gasteiger partial charge in [-0.05, 0) is 38.9 Å². The van der Waals surface area contributed by atoms with Crippen LogP contribution in [0.3, 0.4) is 0 Å². The smallest absolute Gasteiger partial charge is 0.158 e. The number of rotatable bonds is 5. The minimum atomic E-state index is 0.829. The van der Waals surface area contributed by atoms with E-state index in [9.17, 15) is 0 Å². The second-order valence-corrected chi connectivity index (χ2v) is 4.50. The summed E-state index contributed by atoms with van der Waals surface area (Å²) in [4.78, 5) is 4.46. The molecule has 0 saturated heterocycles. The highest BCUT2D eigenvalue weighted by Crippen LogP contribution is 2.14. The third kappa shape index (κ3) is 2.76. The minimum absolute atomic E-state index is 0.829. The van der Waals surface area contributed by atoms with E-state index in [1.165, 1.54) is 5.56 Å². The van der Waals surface area contributed by atoms with E-state index in [1.807, 2.05) is 23.9 Å². The van der Waals surface area contributed by atoms with Gasteiger partial charge in [0.25, 0.3) is 0 Å². The van der Waals surface area contributed by atoms with Crippen LogP contribution in [0.4, 0.5) is 0 Å². The Bertz CT molecular complexity index is 516. The molecule has 1 N–H and O–H groups in total. The summed E-state index contributed by atoms with van der Waals surface area (Å²) in [6, 6.07) is 6.14. The summed E-state index contributed by atoms with van der Waals surface area (Å²) in [5, 5.41) is 7.90. The average molecular weight is 244 g/mol. The molecule has 2 aromatic heterocycles. The van der Waals surface area contributed by atoms with E-state index in [2.05, 4.69) is 41.4 Å². The Morgan fingerprint density at radius 1 is 1.33 bits per heavy atom. The van der Waals surface area contributed by atoms with Crippen molar-refractivity contribution < 1.29 is 0 Å². The van der Waals surface area contributed by atoms with Crippen molar-refractivity contribution >= 4 is 0 Å². The second-order valence-electron chi connectivity index (χ2n) is 4.50. The maximum atomic E-state index is 4.50. The van der Waals surface area contributed by atoms with E-state index in [0.29, 0.717) is 0 Å². The Kier molecular flexibility index (Phi) is 4.10. The van der Waals surface area contributed by atoms with E-state index in [1.54, 1.807) is 0 Å². The molecule has 18 heavy (non-hydrogen) atoms. The predicted octanol–water partition coefficient (Wildman–Crippen LogP) is 2.38. The molecule has 96 valence electrons. The van der Waals surface area contributed by atoms with Crippen LogP contribution < -0.4 is 5.32 Å². The Hall–Kier alpha value is -1.68. The van der Waals surface area contributed by atoms with Crippen molar-refractivity contribution in [3.63, 3.8) is 0 Å². The van der Waals surface area contributed by atoms with Gasteiger partial charge in [-0.15, -0.1) is 0 Å². The van der Waals surface area contributed by atoms with Crippen LogP contribution in [0.2, 0.25) is 0 Å². The Morgan fingerprint density at radius 3 is 2.83 bits per heavy atom. The van der Waals surface area contributed by atoms with E-state index in [-0.39, 0.29) is 0 Å². The summed E-state index contributed by atoms with van der Waals surface area (Å²) in [7, 11) is 0. The van der Waals surface area contributed by atoms with Crippen molar-refractivity contribution in [2.24, 2.45) is 0 Å². The summed E-state index contributed by atoms with van der Waals surface area (Å²) >= 11 is 0. The number of aryl methyl sites for hydroxylation is 2. The van der Waals surface area contributed by atoms with Crippen LogP contribution in [0, 0.1) is 13.8 Å². The van der Waals surface area contributed by atoms with Gasteiger partial charge in [0.2, 0.25) is 0 Å². The molecule has 2 rings (SSSR count). The van der Waals surface area contributed by atoms with Gasteiger partial charge >= 0.3 is 0 Å². The lowest BCUT2D eigenvalue weighted by atomic mass is 10.2. The van der Waals surface area contributed by atoms with Crippen molar-refractivity contribution in [3.8, 4) is 5.82 Å². The molecule has 0 atom stereocenters. The van der Waals surface area contributed by atoms with E-state index in [0.717, 1.165) is 36.7 Å². The lowest BCUT2D eigenvalue weighted by Gasteiger charge is -2.10. The molecule has 0 aliphatic carbocycles. The number of nitrogens with one attached hydrogen (secondary N) is 1. The third-order valence-corrected chi connectivity index (χ3v) is 2.82. The summed E-state index contributed by atoms with van der Waals surface area (Å²) in [5.74, 6) is 0.923. The molecule has 4 heteroatoms. The number of hydrogen-bond acceptors (Lipinski definition) is 3. The molecule has 0 unspecified atom stereocenters. The van der Waals surface area contributed by atoms with Crippen LogP contribution in [0.15, 0.2) is 24.4 Å². The zero-order valence-electron chi connectivity index (χ0n) is 11.3. The van der Waals surface area contributed by atoms with Crippen LogP contribution in [0.1, 0.15) is 30.3 Å². The first-order valence-electron chi connectivity index (χ1n) is 6.40. The van der Waals surface area contributed by atoms with Crippen molar-refractivity contribution in [1.82, 2.24) is 20.1 Å². The van der Waals surface area contributed by atoms with E-state index < -0.39 is 0 Å². The molecule has 0 fully saturated rings. The first-order valence-corrected chi connectivity index (χ1v) is 6.40. The normalized spacial score (nSPS) is 10.8. The first kappa shape index (κ1) is 12.8. The molecule has 0 bridgehead atoms. The second kappa shape index (κ2) is 5.78. The van der Waals surface area contributed by atoms with Crippen molar-refractivity contribution in [2.45, 2.75) is 33.7 Å². The van der Waals surface area contributed by atoms with Crippen molar-refractivity contribution in [3.05, 3.63) is 41.3 Å². The lowest BCUT2D eigenvalue weighted by molar-refractivity contribution is 0.664. The SMILES string of the molecule is CCCNCc1cccnc1-n1nc(C)cc1C. The summed E-state index contributed by atoms with van der Waals surface area (Å²) in [6.45, 7) is 8.07. The number of nitrogens with zero attached hydrogens (tertiary/aromatic N) is 3. The zero-order chi connectivity index (χ0) is 13.0. The topological polar surface area (TPSA) is 42.7 Å². The van der Waals surface area contributed by atoms with Gasteiger partial charge < -0.3 is 5.32 Å². The van der Waals surface area contributed by atoms with Crippen LogP contribution in [0.5, 0.6) is 0 Å². The fraction of sp³-hybridized carbons (Fsp3) is 0.429. The molecule has 0 saturated carbocycles. The highest BCUT2D eigenvalue weighted by molar-refractivity contribution is 5.34. The molecule has 2 heterocycles. The molecule has 0 spiro atoms. The van der Waals surface area contributed by atoms with Gasteiger partial charge in [0.1, 0.15) is 0 Å². The standard InChI is InChI=1S/C14H20N4/c1-4-7-15-10-13-6-5-8-16-14(13)18-12(3)9-11(2)17-18/h5-6,8-9,15H,4,7,10H2,1-3H3. The van der Waals surface area contributed by atoms with Gasteiger partial charge in [0.05, 0.1) is 5.69 Å². The third-order valence-electron chi connectivity index (χ3n) is 2.82. The number of aromatic nitrogens is 3. The number of pyridine rings is 1. The Balaban J connectivity index is 2.29. The monoisotopic (exact) mass is 244 g/mol. The minimum Gasteiger partial charge on any atom is -0.313 e. The van der Waals surface area contributed by atoms with Gasteiger partial charge in [-0.1, -0.05) is 13.0 Å². The molecule has 0 aliphatic rings. The van der Waals surface area contributed by atoms with Gasteiger partial charge in [0.15, 0.2) is 5.82 Å². The number of hydrogen-bond donors (Lipinski definition) is 1. The van der Waals surface area contributed by atoms with Crippen LogP contribution in [-0.2, 0) is 6.54 Å². The van der Waals surface area contributed by atoms with Gasteiger partial charge in [-0.25, -0.2) is 9.67 Å². The van der Waals surface area contributed by atoms with Gasteiger partial charge in [0, 0.05) is 24.0 Å². The molecule has 2 aromatic rings. The maximum Gasteiger partial charge on any atom is 0.158 e. The lowest BCUT2D eigenvalue weighted by Crippen LogP contribution is -2.16. The first-order chi connectivity index (χ1) is 8.72. The summed E-state index contributed by atoms with van der Waals surface area (Å²) in [5.41, 5.74) is 3.31. The Morgan fingerprint density at radius 2 is 2.17 bits per heavy atom. The van der Waals surface area contributed by atoms with Gasteiger partial charge in [-0.3, -0.25) is 0 Å². The molecule has 0 radical (unpaired) electrons. The summed E-state index contributed by atoms with van der Waals surface area (Å²) in [6.07, 6.45) is 2.95.